The lowest BCUT2D eigenvalue weighted by Gasteiger charge is -2.32. The Balaban J connectivity index is 4.33. The summed E-state index contributed by atoms with van der Waals surface area (Å²) in [5.41, 5.74) is 0. The third-order valence-electron chi connectivity index (χ3n) is 2.23. The Kier molecular flexibility index (Phi) is 7.44. The molecule has 98 valence electrons. The summed E-state index contributed by atoms with van der Waals surface area (Å²) in [6.45, 7) is 8.10. The minimum Gasteiger partial charge on any atom is -0.383 e. The molecule has 0 aromatic carbocycles. The molecule has 0 aliphatic heterocycles. The van der Waals surface area contributed by atoms with Crippen molar-refractivity contribution in [3.63, 3.8) is 0 Å². The highest BCUT2D eigenvalue weighted by atomic mass is 31.2. The fraction of sp³-hybridized carbons (Fsp3) is 1.00. The Morgan fingerprint density at radius 1 is 1.00 bits per heavy atom. The van der Waals surface area contributed by atoms with Gasteiger partial charge in [-0.2, -0.15) is 0 Å². The molecular formula is C10H25N2O3P. The standard InChI is InChI=1S/C10H25N2O3P/c1-10(2,3)16(13,11-6-8-14-4)12-7-9-15-5/h6-9H2,1-5H3,(H2,11,12,13). The second-order valence-corrected chi connectivity index (χ2v) is 7.77. The van der Waals surface area contributed by atoms with Crippen LogP contribution in [0.2, 0.25) is 0 Å². The zero-order valence-corrected chi connectivity index (χ0v) is 11.9. The van der Waals surface area contributed by atoms with Crippen molar-refractivity contribution in [3.05, 3.63) is 0 Å². The number of hydrogen-bond donors (Lipinski definition) is 2. The smallest absolute Gasteiger partial charge is 0.216 e. The third kappa shape index (κ3) is 5.41. The van der Waals surface area contributed by atoms with Gasteiger partial charge in [0, 0.05) is 32.5 Å². The molecule has 6 heteroatoms. The van der Waals surface area contributed by atoms with Gasteiger partial charge in [0.2, 0.25) is 7.44 Å². The van der Waals surface area contributed by atoms with Crippen molar-refractivity contribution in [2.24, 2.45) is 0 Å². The maximum Gasteiger partial charge on any atom is 0.216 e. The molecule has 0 atom stereocenters. The summed E-state index contributed by atoms with van der Waals surface area (Å²) >= 11 is 0. The van der Waals surface area contributed by atoms with Crippen molar-refractivity contribution >= 4 is 7.44 Å². The highest BCUT2D eigenvalue weighted by molar-refractivity contribution is 7.61. The normalized spacial score (nSPS) is 13.1. The first-order valence-corrected chi connectivity index (χ1v) is 7.16. The summed E-state index contributed by atoms with van der Waals surface area (Å²) in [7, 11) is 0.631. The highest BCUT2D eigenvalue weighted by Gasteiger charge is 2.35. The molecule has 0 aromatic rings. The number of nitrogens with one attached hydrogen (secondary N) is 2. The maximum atomic E-state index is 12.7. The van der Waals surface area contributed by atoms with E-state index in [0.717, 1.165) is 0 Å². The van der Waals surface area contributed by atoms with Gasteiger partial charge in [0.25, 0.3) is 0 Å². The Labute approximate surface area is 98.8 Å². The van der Waals surface area contributed by atoms with Gasteiger partial charge in [0.05, 0.1) is 13.2 Å². The predicted octanol–water partition coefficient (Wildman–Crippen LogP) is 1.45. The van der Waals surface area contributed by atoms with E-state index in [0.29, 0.717) is 26.3 Å². The third-order valence-corrected chi connectivity index (χ3v) is 5.45. The lowest BCUT2D eigenvalue weighted by Crippen LogP contribution is -2.37. The van der Waals surface area contributed by atoms with Gasteiger partial charge < -0.3 is 9.47 Å². The van der Waals surface area contributed by atoms with Crippen LogP contribution in [0.1, 0.15) is 20.8 Å². The monoisotopic (exact) mass is 252 g/mol. The second kappa shape index (κ2) is 7.41. The van der Waals surface area contributed by atoms with Crippen molar-refractivity contribution in [1.82, 2.24) is 10.2 Å². The van der Waals surface area contributed by atoms with Crippen LogP contribution < -0.4 is 10.2 Å². The van der Waals surface area contributed by atoms with E-state index in [-0.39, 0.29) is 5.16 Å². The summed E-state index contributed by atoms with van der Waals surface area (Å²) < 4.78 is 22.5. The summed E-state index contributed by atoms with van der Waals surface area (Å²) in [6, 6.07) is 0. The Morgan fingerprint density at radius 2 is 1.38 bits per heavy atom. The van der Waals surface area contributed by atoms with Crippen LogP contribution >= 0.6 is 7.44 Å². The molecule has 0 radical (unpaired) electrons. The number of rotatable bonds is 8. The van der Waals surface area contributed by atoms with Crippen LogP contribution in [0.25, 0.3) is 0 Å². The van der Waals surface area contributed by atoms with Crippen molar-refractivity contribution in [2.45, 2.75) is 25.9 Å². The summed E-state index contributed by atoms with van der Waals surface area (Å²) in [5.74, 6) is 0. The van der Waals surface area contributed by atoms with Crippen LogP contribution in [0.15, 0.2) is 0 Å². The van der Waals surface area contributed by atoms with Crippen LogP contribution in [0.5, 0.6) is 0 Å². The van der Waals surface area contributed by atoms with Crippen molar-refractivity contribution in [2.75, 3.05) is 40.5 Å². The fourth-order valence-electron chi connectivity index (χ4n) is 1.14. The van der Waals surface area contributed by atoms with E-state index in [4.69, 9.17) is 9.47 Å². The Bertz CT molecular complexity index is 215. The predicted molar refractivity (Wildman–Crippen MR) is 67.1 cm³/mol. The number of methoxy groups -OCH3 is 2. The van der Waals surface area contributed by atoms with Gasteiger partial charge >= 0.3 is 0 Å². The van der Waals surface area contributed by atoms with E-state index in [2.05, 4.69) is 10.2 Å². The van der Waals surface area contributed by atoms with E-state index in [9.17, 15) is 4.57 Å². The average Bonchev–Trinajstić information content (AvgIpc) is 2.17. The summed E-state index contributed by atoms with van der Waals surface area (Å²) in [4.78, 5) is 0. The van der Waals surface area contributed by atoms with Crippen molar-refractivity contribution in [1.29, 1.82) is 0 Å². The van der Waals surface area contributed by atoms with Crippen LogP contribution in [0.4, 0.5) is 0 Å². The Hall–Kier alpha value is 0.0700. The lowest BCUT2D eigenvalue weighted by molar-refractivity contribution is 0.201. The SMILES string of the molecule is COCCNP(=O)(NCCOC)C(C)(C)C. The first-order valence-electron chi connectivity index (χ1n) is 5.45. The molecule has 0 unspecified atom stereocenters. The van der Waals surface area contributed by atoms with Gasteiger partial charge in [-0.05, 0) is 0 Å². The highest BCUT2D eigenvalue weighted by Crippen LogP contribution is 2.49. The van der Waals surface area contributed by atoms with Crippen LogP contribution in [-0.2, 0) is 14.0 Å². The number of ether oxygens (including phenoxy) is 2. The zero-order chi connectivity index (χ0) is 12.7. The molecule has 0 aliphatic rings. The van der Waals surface area contributed by atoms with Crippen LogP contribution in [0.3, 0.4) is 0 Å². The molecule has 16 heavy (non-hydrogen) atoms. The van der Waals surface area contributed by atoms with Gasteiger partial charge in [0.15, 0.2) is 0 Å². The molecule has 0 aliphatic carbocycles. The second-order valence-electron chi connectivity index (χ2n) is 4.58. The molecule has 2 N–H and O–H groups in total. The van der Waals surface area contributed by atoms with Crippen LogP contribution in [0, 0.1) is 0 Å². The summed E-state index contributed by atoms with van der Waals surface area (Å²) in [5, 5.41) is 5.79. The molecule has 5 nitrogen and oxygen atoms in total. The molecule has 0 fully saturated rings. The first-order chi connectivity index (χ1) is 7.37. The van der Waals surface area contributed by atoms with E-state index in [1.165, 1.54) is 0 Å². The minimum absolute atomic E-state index is 0.325. The molecule has 0 spiro atoms. The zero-order valence-electron chi connectivity index (χ0n) is 11.0. The van der Waals surface area contributed by atoms with Crippen molar-refractivity contribution in [3.8, 4) is 0 Å². The van der Waals surface area contributed by atoms with E-state index in [1.54, 1.807) is 14.2 Å². The fourth-order valence-corrected chi connectivity index (χ4v) is 3.01. The first kappa shape index (κ1) is 16.1. The molecule has 0 rings (SSSR count). The molecule has 0 aromatic heterocycles. The van der Waals surface area contributed by atoms with E-state index < -0.39 is 7.44 Å². The lowest BCUT2D eigenvalue weighted by atomic mass is 10.3. The largest absolute Gasteiger partial charge is 0.383 e. The molecule has 0 saturated carbocycles. The number of hydrogen-bond acceptors (Lipinski definition) is 3. The maximum absolute atomic E-state index is 12.7. The van der Waals surface area contributed by atoms with Gasteiger partial charge in [-0.15, -0.1) is 0 Å². The quantitative estimate of drug-likeness (QED) is 0.506. The van der Waals surface area contributed by atoms with E-state index in [1.807, 2.05) is 20.8 Å². The van der Waals surface area contributed by atoms with Crippen LogP contribution in [-0.4, -0.2) is 45.7 Å². The summed E-state index contributed by atoms with van der Waals surface area (Å²) in [6.07, 6.45) is 0. The van der Waals surface area contributed by atoms with Crippen molar-refractivity contribution < 1.29 is 14.0 Å². The molecule has 0 saturated heterocycles. The molecular weight excluding hydrogens is 227 g/mol. The van der Waals surface area contributed by atoms with E-state index >= 15 is 0 Å². The average molecular weight is 252 g/mol. The topological polar surface area (TPSA) is 59.6 Å². The van der Waals surface area contributed by atoms with Gasteiger partial charge in [-0.3, -0.25) is 14.7 Å². The van der Waals surface area contributed by atoms with Gasteiger partial charge in [0.1, 0.15) is 0 Å². The van der Waals surface area contributed by atoms with Gasteiger partial charge in [-0.25, -0.2) is 0 Å². The molecule has 0 bridgehead atoms. The van der Waals surface area contributed by atoms with Gasteiger partial charge in [-0.1, -0.05) is 20.8 Å². The Morgan fingerprint density at radius 3 is 1.62 bits per heavy atom. The molecule has 0 amide bonds. The minimum atomic E-state index is -2.62. The molecule has 0 heterocycles.